The number of methoxy groups -OCH3 is 1. The number of carbonyl (C=O) groups is 1. The number of aldehydes is 1. The lowest BCUT2D eigenvalue weighted by atomic mass is 10.0. The van der Waals surface area contributed by atoms with Crippen LogP contribution in [0.25, 0.3) is 21.3 Å². The molecule has 172 valence electrons. The van der Waals surface area contributed by atoms with Crippen LogP contribution < -0.4 is 15.8 Å². The number of anilines is 1. The highest BCUT2D eigenvalue weighted by atomic mass is 32.1. The quantitative estimate of drug-likeness (QED) is 0.414. The second-order valence-corrected chi connectivity index (χ2v) is 9.04. The number of nitriles is 1. The zero-order chi connectivity index (χ0) is 23.8. The second kappa shape index (κ2) is 11.6. The van der Waals surface area contributed by atoms with Gasteiger partial charge in [0, 0.05) is 35.3 Å². The Kier molecular flexibility index (Phi) is 8.55. The lowest BCUT2D eigenvalue weighted by Gasteiger charge is -2.25. The maximum atomic E-state index is 10.9. The number of ether oxygens (including phenoxy) is 1. The Bertz CT molecular complexity index is 1150. The van der Waals surface area contributed by atoms with E-state index in [1.165, 1.54) is 37.3 Å². The molecule has 0 aliphatic carbocycles. The molecule has 1 fully saturated rings. The third kappa shape index (κ3) is 6.39. The largest absolute Gasteiger partial charge is 0.495 e. The first-order chi connectivity index (χ1) is 15.9. The molecule has 7 nitrogen and oxygen atoms in total. The first kappa shape index (κ1) is 24.4. The average molecular weight is 464 g/mol. The molecule has 1 saturated heterocycles. The Balaban J connectivity index is 0.000000323. The molecule has 0 amide bonds. The monoisotopic (exact) mass is 463 g/mol. The van der Waals surface area contributed by atoms with E-state index < -0.39 is 0 Å². The van der Waals surface area contributed by atoms with E-state index in [1.54, 1.807) is 13.3 Å². The summed E-state index contributed by atoms with van der Waals surface area (Å²) in [6.07, 6.45) is 4.72. The molecule has 0 unspecified atom stereocenters. The number of thiazole rings is 1. The highest BCUT2D eigenvalue weighted by Gasteiger charge is 2.12. The number of nitrogens with zero attached hydrogens (tertiary/aromatic N) is 3. The van der Waals surface area contributed by atoms with Gasteiger partial charge >= 0.3 is 0 Å². The van der Waals surface area contributed by atoms with E-state index in [9.17, 15) is 4.79 Å². The summed E-state index contributed by atoms with van der Waals surface area (Å²) in [6.45, 7) is 6.39. The Morgan fingerprint density at radius 1 is 1.39 bits per heavy atom. The Hall–Kier alpha value is -3.25. The van der Waals surface area contributed by atoms with Crippen molar-refractivity contribution in [1.82, 2.24) is 9.88 Å². The van der Waals surface area contributed by atoms with E-state index >= 15 is 0 Å². The number of piperidine rings is 1. The molecule has 0 bridgehead atoms. The van der Waals surface area contributed by atoms with Gasteiger partial charge in [-0.3, -0.25) is 4.79 Å². The van der Waals surface area contributed by atoms with Crippen molar-refractivity contribution in [2.24, 2.45) is 5.73 Å². The highest BCUT2D eigenvalue weighted by Crippen LogP contribution is 2.36. The van der Waals surface area contributed by atoms with Gasteiger partial charge in [-0.1, -0.05) is 24.8 Å². The molecule has 2 heterocycles. The van der Waals surface area contributed by atoms with E-state index in [0.29, 0.717) is 28.8 Å². The van der Waals surface area contributed by atoms with Gasteiger partial charge in [-0.05, 0) is 50.5 Å². The smallest absolute Gasteiger partial charge is 0.161 e. The van der Waals surface area contributed by atoms with Gasteiger partial charge in [0.25, 0.3) is 0 Å². The molecular formula is C25H29N5O2S. The van der Waals surface area contributed by atoms with Crippen LogP contribution in [0.4, 0.5) is 5.69 Å². The van der Waals surface area contributed by atoms with Crippen LogP contribution in [-0.2, 0) is 0 Å². The minimum Gasteiger partial charge on any atom is -0.495 e. The lowest BCUT2D eigenvalue weighted by molar-refractivity contribution is 0.112. The predicted molar refractivity (Wildman–Crippen MR) is 135 cm³/mol. The van der Waals surface area contributed by atoms with Crippen molar-refractivity contribution >= 4 is 34.1 Å². The molecule has 1 aliphatic heterocycles. The number of nitrogens with one attached hydrogen (secondary N) is 1. The van der Waals surface area contributed by atoms with Crippen LogP contribution in [0.5, 0.6) is 5.75 Å². The summed E-state index contributed by atoms with van der Waals surface area (Å²) in [5.41, 5.74) is 7.82. The number of benzene rings is 2. The van der Waals surface area contributed by atoms with E-state index in [4.69, 9.17) is 15.7 Å². The van der Waals surface area contributed by atoms with Crippen molar-refractivity contribution in [3.8, 4) is 22.4 Å². The standard InChI is InChI=1S/C19H15N3O2S.C6H14N2/c1-12(8-20)9-21-18-16-7-14(19-22-10-15(11-23)25-19)4-3-13(16)5-6-17(18)24-2;1-8-4-2-6(7)3-5-8/h3-7,10-11,21H,1,9H2,2H3;6H,2-5,7H2,1H3. The molecular weight excluding hydrogens is 434 g/mol. The number of rotatable bonds is 6. The van der Waals surface area contributed by atoms with E-state index in [1.807, 2.05) is 36.4 Å². The van der Waals surface area contributed by atoms with Crippen molar-refractivity contribution in [2.45, 2.75) is 18.9 Å². The van der Waals surface area contributed by atoms with Gasteiger partial charge in [0.15, 0.2) is 6.29 Å². The zero-order valence-electron chi connectivity index (χ0n) is 19.0. The number of hydrogen-bond acceptors (Lipinski definition) is 8. The summed E-state index contributed by atoms with van der Waals surface area (Å²) in [7, 11) is 3.75. The molecule has 0 radical (unpaired) electrons. The molecule has 4 rings (SSSR count). The molecule has 3 N–H and O–H groups in total. The molecule has 2 aromatic carbocycles. The normalized spacial score (nSPS) is 14.1. The molecule has 33 heavy (non-hydrogen) atoms. The molecule has 0 atom stereocenters. The van der Waals surface area contributed by atoms with Crippen LogP contribution in [0.3, 0.4) is 0 Å². The molecule has 8 heteroatoms. The van der Waals surface area contributed by atoms with Gasteiger partial charge in [-0.15, -0.1) is 11.3 Å². The summed E-state index contributed by atoms with van der Waals surface area (Å²) in [6, 6.07) is 12.3. The maximum absolute atomic E-state index is 10.9. The van der Waals surface area contributed by atoms with Crippen LogP contribution in [0, 0.1) is 11.3 Å². The fraction of sp³-hybridized carbons (Fsp3) is 0.320. The molecule has 0 saturated carbocycles. The van der Waals surface area contributed by atoms with Gasteiger partial charge in [0.05, 0.1) is 23.7 Å². The number of hydrogen-bond donors (Lipinski definition) is 2. The van der Waals surface area contributed by atoms with Crippen LogP contribution in [0.2, 0.25) is 0 Å². The summed E-state index contributed by atoms with van der Waals surface area (Å²) >= 11 is 1.34. The maximum Gasteiger partial charge on any atom is 0.161 e. The Morgan fingerprint density at radius 2 is 2.12 bits per heavy atom. The molecule has 1 aliphatic rings. The van der Waals surface area contributed by atoms with Crippen molar-refractivity contribution in [2.75, 3.05) is 39.1 Å². The first-order valence-corrected chi connectivity index (χ1v) is 11.5. The Labute approximate surface area is 198 Å². The van der Waals surface area contributed by atoms with Gasteiger partial charge in [0.2, 0.25) is 0 Å². The predicted octanol–water partition coefficient (Wildman–Crippen LogP) is 4.32. The molecule has 0 spiro atoms. The van der Waals surface area contributed by atoms with Crippen LogP contribution >= 0.6 is 11.3 Å². The summed E-state index contributed by atoms with van der Waals surface area (Å²) in [4.78, 5) is 18.1. The summed E-state index contributed by atoms with van der Waals surface area (Å²) in [5, 5.41) is 14.9. The molecule has 3 aromatic rings. The number of carbonyl (C=O) groups excluding carboxylic acids is 1. The number of nitrogens with two attached hydrogens (primary N) is 1. The SMILES string of the molecule is C=C(C#N)CNc1c(OC)ccc2ccc(-c3ncc(C=O)s3)cc12.CN1CCC(N)CC1. The van der Waals surface area contributed by atoms with Crippen molar-refractivity contribution in [3.63, 3.8) is 0 Å². The minimum atomic E-state index is 0.336. The minimum absolute atomic E-state index is 0.336. The van der Waals surface area contributed by atoms with E-state index in [-0.39, 0.29) is 0 Å². The van der Waals surface area contributed by atoms with Crippen LogP contribution in [0.1, 0.15) is 22.5 Å². The average Bonchev–Trinajstić information content (AvgIpc) is 3.33. The zero-order valence-corrected chi connectivity index (χ0v) is 19.8. The fourth-order valence-corrected chi connectivity index (χ4v) is 4.25. The third-order valence-corrected chi connectivity index (χ3v) is 6.46. The number of fused-ring (bicyclic) bond motifs is 1. The van der Waals surface area contributed by atoms with Gasteiger partial charge in [-0.2, -0.15) is 5.26 Å². The highest BCUT2D eigenvalue weighted by molar-refractivity contribution is 7.16. The first-order valence-electron chi connectivity index (χ1n) is 10.7. The van der Waals surface area contributed by atoms with E-state index in [2.05, 4.69) is 28.8 Å². The van der Waals surface area contributed by atoms with Crippen molar-refractivity contribution < 1.29 is 9.53 Å². The third-order valence-electron chi connectivity index (χ3n) is 5.49. The van der Waals surface area contributed by atoms with Crippen molar-refractivity contribution in [3.05, 3.63) is 53.6 Å². The van der Waals surface area contributed by atoms with Gasteiger partial charge in [0.1, 0.15) is 10.8 Å². The summed E-state index contributed by atoms with van der Waals surface area (Å²) < 4.78 is 5.45. The Morgan fingerprint density at radius 3 is 2.73 bits per heavy atom. The van der Waals surface area contributed by atoms with Crippen LogP contribution in [0.15, 0.2) is 48.7 Å². The van der Waals surface area contributed by atoms with Gasteiger partial charge in [-0.25, -0.2) is 4.98 Å². The number of aromatic nitrogens is 1. The number of likely N-dealkylation sites (tertiary alicyclic amines) is 1. The van der Waals surface area contributed by atoms with Crippen molar-refractivity contribution in [1.29, 1.82) is 5.26 Å². The summed E-state index contributed by atoms with van der Waals surface area (Å²) in [5.74, 6) is 0.683. The van der Waals surface area contributed by atoms with Gasteiger partial charge < -0.3 is 20.7 Å². The topological polar surface area (TPSA) is 104 Å². The van der Waals surface area contributed by atoms with E-state index in [0.717, 1.165) is 33.3 Å². The van der Waals surface area contributed by atoms with Crippen LogP contribution in [-0.4, -0.2) is 56.0 Å². The fourth-order valence-electron chi connectivity index (χ4n) is 3.52. The lowest BCUT2D eigenvalue weighted by Crippen LogP contribution is -2.37. The second-order valence-electron chi connectivity index (χ2n) is 7.97. The molecule has 1 aromatic heterocycles.